The lowest BCUT2D eigenvalue weighted by atomic mass is 10.2. The van der Waals surface area contributed by atoms with Crippen LogP contribution in [0.3, 0.4) is 0 Å². The Balaban J connectivity index is 0.000000262. The van der Waals surface area contributed by atoms with Gasteiger partial charge in [0.1, 0.15) is 11.5 Å². The highest BCUT2D eigenvalue weighted by atomic mass is 32.2. The molecule has 6 nitrogen and oxygen atoms in total. The molecule has 21 heavy (non-hydrogen) atoms. The molecule has 0 atom stereocenters. The van der Waals surface area contributed by atoms with Crippen molar-refractivity contribution in [3.63, 3.8) is 0 Å². The molecule has 0 amide bonds. The third-order valence-electron chi connectivity index (χ3n) is 2.47. The van der Waals surface area contributed by atoms with Crippen molar-refractivity contribution in [3.8, 4) is 0 Å². The maximum Gasteiger partial charge on any atom is 0.534 e. The van der Waals surface area contributed by atoms with Crippen LogP contribution < -0.4 is 0 Å². The van der Waals surface area contributed by atoms with Crippen LogP contribution in [0.25, 0.3) is 0 Å². The number of carbonyl (C=O) groups is 1. The standard InChI is InChI=1S/C6H7F3O4S.C5H8O2/c7-6(8,9)14(10,11)13-5-1-3-12-4-2-5;6-5-1-3-7-4-2-5/h1H,2-4H2;1-4H2. The lowest BCUT2D eigenvalue weighted by molar-refractivity contribution is -0.124. The van der Waals surface area contributed by atoms with Crippen LogP contribution in [-0.2, 0) is 28.6 Å². The first-order valence-corrected chi connectivity index (χ1v) is 7.50. The van der Waals surface area contributed by atoms with Crippen LogP contribution in [0.4, 0.5) is 13.2 Å². The SMILES string of the molecule is O=C1CCOCC1.O=S(=O)(OC1=CCOCC1)C(F)(F)F. The van der Waals surface area contributed by atoms with E-state index >= 15 is 0 Å². The molecule has 0 aromatic rings. The summed E-state index contributed by atoms with van der Waals surface area (Å²) < 4.78 is 70.0. The highest BCUT2D eigenvalue weighted by molar-refractivity contribution is 7.87. The van der Waals surface area contributed by atoms with Crippen molar-refractivity contribution in [2.24, 2.45) is 0 Å². The number of ether oxygens (including phenoxy) is 2. The van der Waals surface area contributed by atoms with Gasteiger partial charge in [-0.05, 0) is 6.08 Å². The molecule has 1 fully saturated rings. The van der Waals surface area contributed by atoms with Gasteiger partial charge in [0.05, 0.1) is 26.4 Å². The van der Waals surface area contributed by atoms with Gasteiger partial charge in [-0.25, -0.2) is 0 Å². The number of alkyl halides is 3. The topological polar surface area (TPSA) is 78.9 Å². The average Bonchev–Trinajstić information content (AvgIpc) is 2.39. The molecule has 2 heterocycles. The number of halogens is 3. The molecule has 0 unspecified atom stereocenters. The zero-order valence-electron chi connectivity index (χ0n) is 11.0. The van der Waals surface area contributed by atoms with Crippen LogP contribution in [0.1, 0.15) is 19.3 Å². The molecule has 10 heteroatoms. The number of hydrogen-bond acceptors (Lipinski definition) is 6. The van der Waals surface area contributed by atoms with Crippen molar-refractivity contribution < 1.29 is 40.0 Å². The van der Waals surface area contributed by atoms with E-state index in [1.165, 1.54) is 0 Å². The Bertz CT molecular complexity index is 475. The average molecular weight is 332 g/mol. The van der Waals surface area contributed by atoms with E-state index in [0.717, 1.165) is 6.08 Å². The molecule has 1 saturated heterocycles. The quantitative estimate of drug-likeness (QED) is 0.563. The second-order valence-electron chi connectivity index (χ2n) is 4.13. The minimum absolute atomic E-state index is 0.0231. The highest BCUT2D eigenvalue weighted by Gasteiger charge is 2.48. The van der Waals surface area contributed by atoms with Gasteiger partial charge in [-0.3, -0.25) is 4.79 Å². The maximum atomic E-state index is 11.8. The van der Waals surface area contributed by atoms with E-state index < -0.39 is 15.6 Å². The molecule has 0 radical (unpaired) electrons. The van der Waals surface area contributed by atoms with E-state index in [2.05, 4.69) is 4.18 Å². The summed E-state index contributed by atoms with van der Waals surface area (Å²) >= 11 is 0. The van der Waals surface area contributed by atoms with Crippen molar-refractivity contribution in [1.29, 1.82) is 0 Å². The zero-order chi connectivity index (χ0) is 15.9. The van der Waals surface area contributed by atoms with Crippen molar-refractivity contribution in [1.82, 2.24) is 0 Å². The Hall–Kier alpha value is -1.13. The molecule has 2 aliphatic heterocycles. The number of rotatable bonds is 2. The van der Waals surface area contributed by atoms with E-state index in [1.54, 1.807) is 0 Å². The Morgan fingerprint density at radius 2 is 1.62 bits per heavy atom. The second-order valence-corrected chi connectivity index (χ2v) is 5.67. The predicted octanol–water partition coefficient (Wildman–Crippen LogP) is 1.52. The first kappa shape index (κ1) is 17.9. The van der Waals surface area contributed by atoms with Crippen molar-refractivity contribution >= 4 is 15.9 Å². The Kier molecular flexibility index (Phi) is 6.62. The number of ketones is 1. The monoisotopic (exact) mass is 332 g/mol. The van der Waals surface area contributed by atoms with E-state index in [0.29, 0.717) is 31.8 Å². The van der Waals surface area contributed by atoms with Crippen LogP contribution in [0.5, 0.6) is 0 Å². The van der Waals surface area contributed by atoms with Crippen LogP contribution in [0, 0.1) is 0 Å². The number of carbonyl (C=O) groups excluding carboxylic acids is 1. The van der Waals surface area contributed by atoms with Gasteiger partial charge in [0.2, 0.25) is 0 Å². The minimum Gasteiger partial charge on any atom is -0.381 e. The fourth-order valence-electron chi connectivity index (χ4n) is 1.37. The summed E-state index contributed by atoms with van der Waals surface area (Å²) in [5.41, 5.74) is -5.38. The summed E-state index contributed by atoms with van der Waals surface area (Å²) in [4.78, 5) is 10.4. The van der Waals surface area contributed by atoms with E-state index in [1.807, 2.05) is 0 Å². The zero-order valence-corrected chi connectivity index (χ0v) is 11.8. The van der Waals surface area contributed by atoms with Crippen LogP contribution >= 0.6 is 0 Å². The van der Waals surface area contributed by atoms with Crippen molar-refractivity contribution in [3.05, 3.63) is 11.8 Å². The summed E-state index contributed by atoms with van der Waals surface area (Å²) in [6, 6.07) is 0. The van der Waals surface area contributed by atoms with Crippen molar-refractivity contribution in [2.45, 2.75) is 24.8 Å². The fraction of sp³-hybridized carbons (Fsp3) is 0.727. The van der Waals surface area contributed by atoms with Gasteiger partial charge in [-0.15, -0.1) is 0 Å². The minimum atomic E-state index is -5.52. The van der Waals surface area contributed by atoms with E-state index in [-0.39, 0.29) is 25.4 Å². The number of Topliss-reactive ketones (excluding diaryl/α,β-unsaturated/α-hetero) is 1. The summed E-state index contributed by atoms with van der Waals surface area (Å²) in [5.74, 6) is 0.111. The molecular weight excluding hydrogens is 317 g/mol. The van der Waals surface area contributed by atoms with Gasteiger partial charge in [0.25, 0.3) is 0 Å². The van der Waals surface area contributed by atoms with Crippen LogP contribution in [-0.4, -0.2) is 46.1 Å². The smallest absolute Gasteiger partial charge is 0.381 e. The first-order chi connectivity index (χ1) is 9.72. The van der Waals surface area contributed by atoms with E-state index in [9.17, 15) is 26.4 Å². The Morgan fingerprint density at radius 3 is 2.00 bits per heavy atom. The molecule has 2 rings (SSSR count). The third-order valence-corrected chi connectivity index (χ3v) is 3.47. The molecular formula is C11H15F3O6S. The fourth-order valence-corrected chi connectivity index (χ4v) is 1.90. The summed E-state index contributed by atoms with van der Waals surface area (Å²) in [6.45, 7) is 1.49. The molecule has 0 aromatic heterocycles. The van der Waals surface area contributed by atoms with Gasteiger partial charge in [0, 0.05) is 19.3 Å². The summed E-state index contributed by atoms with van der Waals surface area (Å²) in [5, 5.41) is 0. The van der Waals surface area contributed by atoms with Gasteiger partial charge in [-0.2, -0.15) is 21.6 Å². The highest BCUT2D eigenvalue weighted by Crippen LogP contribution is 2.27. The second kappa shape index (κ2) is 7.76. The molecule has 0 bridgehead atoms. The van der Waals surface area contributed by atoms with Gasteiger partial charge in [0.15, 0.2) is 0 Å². The lowest BCUT2D eigenvalue weighted by Gasteiger charge is -2.15. The van der Waals surface area contributed by atoms with Gasteiger partial charge in [-0.1, -0.05) is 0 Å². The lowest BCUT2D eigenvalue weighted by Crippen LogP contribution is -2.26. The Morgan fingerprint density at radius 1 is 1.05 bits per heavy atom. The molecule has 122 valence electrons. The largest absolute Gasteiger partial charge is 0.534 e. The molecule has 0 spiro atoms. The third kappa shape index (κ3) is 6.44. The van der Waals surface area contributed by atoms with Crippen LogP contribution in [0.15, 0.2) is 11.8 Å². The van der Waals surface area contributed by atoms with E-state index in [4.69, 9.17) is 9.47 Å². The molecule has 2 aliphatic rings. The first-order valence-electron chi connectivity index (χ1n) is 6.09. The van der Waals surface area contributed by atoms with Gasteiger partial charge >= 0.3 is 15.6 Å². The Labute approximate surface area is 120 Å². The molecule has 0 aromatic carbocycles. The number of hydrogen-bond donors (Lipinski definition) is 0. The normalized spacial score (nSPS) is 20.1. The molecule has 0 saturated carbocycles. The summed E-state index contributed by atoms with van der Waals surface area (Å²) in [6.07, 6.45) is 2.43. The molecule has 0 N–H and O–H groups in total. The van der Waals surface area contributed by atoms with Crippen molar-refractivity contribution in [2.75, 3.05) is 26.4 Å². The van der Waals surface area contributed by atoms with Gasteiger partial charge < -0.3 is 13.7 Å². The maximum absolute atomic E-state index is 11.8. The molecule has 0 aliphatic carbocycles. The predicted molar refractivity (Wildman–Crippen MR) is 64.6 cm³/mol. The van der Waals surface area contributed by atoms with Crippen LogP contribution in [0.2, 0.25) is 0 Å². The summed E-state index contributed by atoms with van der Waals surface area (Å²) in [7, 11) is -5.52.